The van der Waals surface area contributed by atoms with Crippen molar-refractivity contribution >= 4 is 0 Å². The van der Waals surface area contributed by atoms with Crippen LogP contribution in [0.5, 0.6) is 5.75 Å². The smallest absolute Gasteiger partial charge is 0.137 e. The van der Waals surface area contributed by atoms with E-state index in [2.05, 4.69) is 15.0 Å². The normalized spacial score (nSPS) is 27.0. The van der Waals surface area contributed by atoms with E-state index >= 15 is 0 Å². The summed E-state index contributed by atoms with van der Waals surface area (Å²) < 4.78 is 17.4. The summed E-state index contributed by atoms with van der Waals surface area (Å²) in [5, 5.41) is 4.14. The van der Waals surface area contributed by atoms with Crippen molar-refractivity contribution in [3.8, 4) is 5.75 Å². The maximum atomic E-state index is 6.12. The zero-order valence-corrected chi connectivity index (χ0v) is 14.7. The number of fused-ring (bicyclic) bond motifs is 1. The van der Waals surface area contributed by atoms with Crippen LogP contribution in [0.4, 0.5) is 0 Å². The summed E-state index contributed by atoms with van der Waals surface area (Å²) in [7, 11) is 0. The highest BCUT2D eigenvalue weighted by atomic mass is 16.5. The number of hydrogen-bond donors (Lipinski definition) is 0. The maximum absolute atomic E-state index is 6.12. The molecule has 0 amide bonds. The summed E-state index contributed by atoms with van der Waals surface area (Å²) in [6.07, 6.45) is 7.06. The van der Waals surface area contributed by atoms with Gasteiger partial charge in [0.05, 0.1) is 24.6 Å². The number of pyridine rings is 1. The fourth-order valence-corrected chi connectivity index (χ4v) is 4.11. The van der Waals surface area contributed by atoms with E-state index < -0.39 is 0 Å². The van der Waals surface area contributed by atoms with Crippen molar-refractivity contribution in [1.29, 1.82) is 0 Å². The minimum absolute atomic E-state index is 0.0329. The van der Waals surface area contributed by atoms with Gasteiger partial charge in [0.1, 0.15) is 11.5 Å². The molecule has 0 bridgehead atoms. The van der Waals surface area contributed by atoms with Crippen molar-refractivity contribution in [1.82, 2.24) is 15.0 Å². The van der Waals surface area contributed by atoms with Gasteiger partial charge in [-0.3, -0.25) is 9.88 Å². The summed E-state index contributed by atoms with van der Waals surface area (Å²) in [5.74, 6) is 1.69. The topological polar surface area (TPSA) is 60.6 Å². The molecule has 0 aliphatic carbocycles. The van der Waals surface area contributed by atoms with Gasteiger partial charge in [-0.05, 0) is 38.3 Å². The Balaban J connectivity index is 1.46. The number of hydrogen-bond acceptors (Lipinski definition) is 6. The van der Waals surface area contributed by atoms with Gasteiger partial charge in [0, 0.05) is 43.9 Å². The Bertz CT molecular complexity index is 690. The van der Waals surface area contributed by atoms with Gasteiger partial charge in [0.25, 0.3) is 0 Å². The second-order valence-electron chi connectivity index (χ2n) is 7.23. The van der Waals surface area contributed by atoms with Gasteiger partial charge in [0.2, 0.25) is 0 Å². The molecule has 6 nitrogen and oxygen atoms in total. The van der Waals surface area contributed by atoms with Gasteiger partial charge >= 0.3 is 0 Å². The van der Waals surface area contributed by atoms with Crippen LogP contribution in [0, 0.1) is 12.3 Å². The van der Waals surface area contributed by atoms with Gasteiger partial charge in [-0.1, -0.05) is 5.16 Å². The molecule has 2 aromatic rings. The Morgan fingerprint density at radius 2 is 2.40 bits per heavy atom. The number of piperidine rings is 1. The molecule has 4 heterocycles. The predicted octanol–water partition coefficient (Wildman–Crippen LogP) is 2.83. The third-order valence-electron chi connectivity index (χ3n) is 5.29. The average Bonchev–Trinajstić information content (AvgIpc) is 3.05. The first-order chi connectivity index (χ1) is 12.2. The minimum atomic E-state index is 0.0329. The molecule has 2 atom stereocenters. The number of aromatic nitrogens is 2. The van der Waals surface area contributed by atoms with Gasteiger partial charge in [-0.15, -0.1) is 0 Å². The Morgan fingerprint density at radius 3 is 3.20 bits per heavy atom. The molecule has 2 aliphatic heterocycles. The second-order valence-corrected chi connectivity index (χ2v) is 7.23. The van der Waals surface area contributed by atoms with E-state index in [4.69, 9.17) is 14.0 Å². The average molecular weight is 343 g/mol. The lowest BCUT2D eigenvalue weighted by atomic mass is 9.73. The van der Waals surface area contributed by atoms with Crippen LogP contribution in [0.3, 0.4) is 0 Å². The second kappa shape index (κ2) is 7.14. The molecule has 4 rings (SSSR count). The maximum Gasteiger partial charge on any atom is 0.137 e. The van der Waals surface area contributed by atoms with Crippen LogP contribution >= 0.6 is 0 Å². The Morgan fingerprint density at radius 1 is 1.44 bits per heavy atom. The first-order valence-corrected chi connectivity index (χ1v) is 9.03. The van der Waals surface area contributed by atoms with Crippen LogP contribution in [0.25, 0.3) is 0 Å². The molecule has 2 fully saturated rings. The van der Waals surface area contributed by atoms with Crippen molar-refractivity contribution in [3.63, 3.8) is 0 Å². The van der Waals surface area contributed by atoms with Crippen LogP contribution in [-0.2, 0) is 11.3 Å². The van der Waals surface area contributed by atoms with Crippen molar-refractivity contribution in [2.75, 3.05) is 26.3 Å². The van der Waals surface area contributed by atoms with Gasteiger partial charge in [0.15, 0.2) is 0 Å². The molecule has 134 valence electrons. The molecule has 2 saturated heterocycles. The molecule has 0 spiro atoms. The van der Waals surface area contributed by atoms with Crippen LogP contribution in [0.2, 0.25) is 0 Å². The zero-order valence-electron chi connectivity index (χ0n) is 14.7. The number of aryl methyl sites for hydroxylation is 1. The fraction of sp³-hybridized carbons (Fsp3) is 0.579. The third-order valence-corrected chi connectivity index (χ3v) is 5.29. The standard InChI is InChI=1S/C19H25N3O3/c1-15-10-16(21-25-15)12-22-8-5-18-19(13-22,6-3-9-23-18)14-24-17-4-2-7-20-11-17/h2,4,7,10-11,18H,3,5-6,8-9,12-14H2,1H3/t18-,19+/m1/s1. The number of nitrogens with zero attached hydrogens (tertiary/aromatic N) is 3. The van der Waals surface area contributed by atoms with E-state index in [1.807, 2.05) is 25.1 Å². The van der Waals surface area contributed by atoms with E-state index in [1.165, 1.54) is 0 Å². The monoisotopic (exact) mass is 343 g/mol. The van der Waals surface area contributed by atoms with Gasteiger partial charge < -0.3 is 14.0 Å². The summed E-state index contributed by atoms with van der Waals surface area (Å²) in [4.78, 5) is 6.59. The van der Waals surface area contributed by atoms with Crippen molar-refractivity contribution in [2.45, 2.75) is 38.8 Å². The van der Waals surface area contributed by atoms with Crippen LogP contribution in [0.1, 0.15) is 30.7 Å². The first-order valence-electron chi connectivity index (χ1n) is 9.03. The van der Waals surface area contributed by atoms with Gasteiger partial charge in [-0.25, -0.2) is 0 Å². The SMILES string of the molecule is Cc1cc(CN2CC[C@H]3OCCC[C@@]3(COc3cccnc3)C2)no1. The lowest BCUT2D eigenvalue weighted by Crippen LogP contribution is -2.57. The highest BCUT2D eigenvalue weighted by molar-refractivity contribution is 5.16. The Hall–Kier alpha value is -1.92. The Labute approximate surface area is 148 Å². The molecule has 25 heavy (non-hydrogen) atoms. The molecule has 0 aromatic carbocycles. The molecule has 2 aromatic heterocycles. The lowest BCUT2D eigenvalue weighted by Gasteiger charge is -2.50. The summed E-state index contributed by atoms with van der Waals surface area (Å²) in [5.41, 5.74) is 1.03. The number of likely N-dealkylation sites (tertiary alicyclic amines) is 1. The van der Waals surface area contributed by atoms with Crippen LogP contribution in [0.15, 0.2) is 35.1 Å². The summed E-state index contributed by atoms with van der Waals surface area (Å²) in [6, 6.07) is 5.88. The zero-order chi connectivity index (χ0) is 17.1. The molecular formula is C19H25N3O3. The van der Waals surface area contributed by atoms with E-state index in [9.17, 15) is 0 Å². The molecular weight excluding hydrogens is 318 g/mol. The largest absolute Gasteiger partial charge is 0.491 e. The first kappa shape index (κ1) is 16.5. The molecule has 6 heteroatoms. The van der Waals surface area contributed by atoms with Crippen molar-refractivity contribution in [2.24, 2.45) is 5.41 Å². The van der Waals surface area contributed by atoms with E-state index in [0.717, 1.165) is 62.7 Å². The quantitative estimate of drug-likeness (QED) is 0.832. The number of ether oxygens (including phenoxy) is 2. The Kier molecular flexibility index (Phi) is 4.72. The van der Waals surface area contributed by atoms with E-state index in [-0.39, 0.29) is 11.5 Å². The fourth-order valence-electron chi connectivity index (χ4n) is 4.11. The molecule has 2 aliphatic rings. The molecule has 0 N–H and O–H groups in total. The highest BCUT2D eigenvalue weighted by Crippen LogP contribution is 2.41. The third kappa shape index (κ3) is 3.70. The van der Waals surface area contributed by atoms with E-state index in [1.54, 1.807) is 12.4 Å². The predicted molar refractivity (Wildman–Crippen MR) is 92.3 cm³/mol. The summed E-state index contributed by atoms with van der Waals surface area (Å²) in [6.45, 7) is 6.26. The molecule has 0 saturated carbocycles. The molecule has 0 unspecified atom stereocenters. The van der Waals surface area contributed by atoms with Gasteiger partial charge in [-0.2, -0.15) is 0 Å². The number of rotatable bonds is 5. The lowest BCUT2D eigenvalue weighted by molar-refractivity contribution is -0.141. The van der Waals surface area contributed by atoms with E-state index in [0.29, 0.717) is 6.61 Å². The highest BCUT2D eigenvalue weighted by Gasteiger charge is 2.46. The minimum Gasteiger partial charge on any atom is -0.491 e. The molecule has 0 radical (unpaired) electrons. The summed E-state index contributed by atoms with van der Waals surface area (Å²) >= 11 is 0. The van der Waals surface area contributed by atoms with Crippen molar-refractivity contribution < 1.29 is 14.0 Å². The van der Waals surface area contributed by atoms with Crippen molar-refractivity contribution in [3.05, 3.63) is 42.0 Å². The van der Waals surface area contributed by atoms with Crippen LogP contribution < -0.4 is 4.74 Å². The van der Waals surface area contributed by atoms with Crippen LogP contribution in [-0.4, -0.2) is 47.4 Å².